The third kappa shape index (κ3) is 4.86. The van der Waals surface area contributed by atoms with Crippen molar-refractivity contribution < 1.29 is 4.79 Å². The molecule has 2 rings (SSSR count). The zero-order chi connectivity index (χ0) is 15.9. The van der Waals surface area contributed by atoms with Gasteiger partial charge >= 0.3 is 0 Å². The molecule has 0 bridgehead atoms. The highest BCUT2D eigenvalue weighted by atomic mass is 35.5. The SMILES string of the molecule is CC(C)c1ccccc1NC(=O)CNCc1ccc(Cl)cc1. The molecular formula is C18H21ClN2O. The first-order valence-corrected chi connectivity index (χ1v) is 7.78. The Kier molecular flexibility index (Phi) is 5.99. The Labute approximate surface area is 136 Å². The average molecular weight is 317 g/mol. The van der Waals surface area contributed by atoms with Crippen molar-refractivity contribution in [3.63, 3.8) is 0 Å². The lowest BCUT2D eigenvalue weighted by molar-refractivity contribution is -0.115. The molecule has 0 aromatic heterocycles. The lowest BCUT2D eigenvalue weighted by Gasteiger charge is -2.13. The Morgan fingerprint density at radius 2 is 1.77 bits per heavy atom. The molecule has 3 nitrogen and oxygen atoms in total. The molecular weight excluding hydrogens is 296 g/mol. The van der Waals surface area contributed by atoms with Crippen LogP contribution in [0.3, 0.4) is 0 Å². The van der Waals surface area contributed by atoms with E-state index in [0.717, 1.165) is 16.8 Å². The third-order valence-electron chi connectivity index (χ3n) is 3.38. The highest BCUT2D eigenvalue weighted by Crippen LogP contribution is 2.23. The van der Waals surface area contributed by atoms with Crippen molar-refractivity contribution in [1.82, 2.24) is 5.32 Å². The monoisotopic (exact) mass is 316 g/mol. The predicted molar refractivity (Wildman–Crippen MR) is 92.3 cm³/mol. The molecule has 0 saturated heterocycles. The molecule has 0 fully saturated rings. The van der Waals surface area contributed by atoms with E-state index >= 15 is 0 Å². The van der Waals surface area contributed by atoms with Gasteiger partial charge in [-0.05, 0) is 35.2 Å². The topological polar surface area (TPSA) is 41.1 Å². The fourth-order valence-electron chi connectivity index (χ4n) is 2.23. The van der Waals surface area contributed by atoms with Crippen molar-refractivity contribution in [3.05, 3.63) is 64.7 Å². The number of hydrogen-bond acceptors (Lipinski definition) is 2. The van der Waals surface area contributed by atoms with Crippen LogP contribution >= 0.6 is 11.6 Å². The minimum absolute atomic E-state index is 0.0398. The van der Waals surface area contributed by atoms with Crippen molar-refractivity contribution in [3.8, 4) is 0 Å². The molecule has 0 unspecified atom stereocenters. The van der Waals surface area contributed by atoms with Crippen LogP contribution in [0, 0.1) is 0 Å². The summed E-state index contributed by atoms with van der Waals surface area (Å²) < 4.78 is 0. The lowest BCUT2D eigenvalue weighted by atomic mass is 10.0. The van der Waals surface area contributed by atoms with E-state index in [1.807, 2.05) is 48.5 Å². The normalized spacial score (nSPS) is 10.7. The summed E-state index contributed by atoms with van der Waals surface area (Å²) in [5, 5.41) is 6.81. The molecule has 0 spiro atoms. The first-order valence-electron chi connectivity index (χ1n) is 7.40. The Bertz CT molecular complexity index is 623. The summed E-state index contributed by atoms with van der Waals surface area (Å²) in [6.45, 7) is 5.14. The summed E-state index contributed by atoms with van der Waals surface area (Å²) in [6.07, 6.45) is 0. The van der Waals surface area contributed by atoms with E-state index in [1.54, 1.807) is 0 Å². The van der Waals surface area contributed by atoms with E-state index in [1.165, 1.54) is 0 Å². The quantitative estimate of drug-likeness (QED) is 0.839. The zero-order valence-electron chi connectivity index (χ0n) is 12.9. The summed E-state index contributed by atoms with van der Waals surface area (Å²) >= 11 is 5.84. The van der Waals surface area contributed by atoms with Crippen molar-refractivity contribution in [2.24, 2.45) is 0 Å². The molecule has 2 aromatic rings. The van der Waals surface area contributed by atoms with E-state index in [9.17, 15) is 4.79 Å². The van der Waals surface area contributed by atoms with Crippen LogP contribution in [0.4, 0.5) is 5.69 Å². The number of carbonyl (C=O) groups excluding carboxylic acids is 1. The summed E-state index contributed by atoms with van der Waals surface area (Å²) in [4.78, 5) is 12.0. The van der Waals surface area contributed by atoms with Crippen LogP contribution in [0.2, 0.25) is 5.02 Å². The predicted octanol–water partition coefficient (Wildman–Crippen LogP) is 4.19. The summed E-state index contributed by atoms with van der Waals surface area (Å²) in [6, 6.07) is 15.5. The minimum atomic E-state index is -0.0398. The molecule has 0 aliphatic carbocycles. The molecule has 4 heteroatoms. The molecule has 0 heterocycles. The number of amides is 1. The van der Waals surface area contributed by atoms with Gasteiger partial charge in [0.05, 0.1) is 6.54 Å². The summed E-state index contributed by atoms with van der Waals surface area (Å²) in [5.74, 6) is 0.334. The number of carbonyl (C=O) groups is 1. The molecule has 2 aromatic carbocycles. The van der Waals surface area contributed by atoms with Gasteiger partial charge in [-0.1, -0.05) is 55.8 Å². The first-order chi connectivity index (χ1) is 10.6. The average Bonchev–Trinajstić information content (AvgIpc) is 2.49. The van der Waals surface area contributed by atoms with Crippen LogP contribution < -0.4 is 10.6 Å². The Morgan fingerprint density at radius 1 is 1.09 bits per heavy atom. The van der Waals surface area contributed by atoms with Crippen molar-refractivity contribution >= 4 is 23.2 Å². The van der Waals surface area contributed by atoms with Gasteiger partial charge in [-0.25, -0.2) is 0 Å². The molecule has 0 atom stereocenters. The van der Waals surface area contributed by atoms with E-state index < -0.39 is 0 Å². The molecule has 0 radical (unpaired) electrons. The number of hydrogen-bond donors (Lipinski definition) is 2. The van der Waals surface area contributed by atoms with Gasteiger partial charge in [0.25, 0.3) is 0 Å². The highest BCUT2D eigenvalue weighted by molar-refractivity contribution is 6.30. The number of benzene rings is 2. The van der Waals surface area contributed by atoms with Gasteiger partial charge in [0.15, 0.2) is 0 Å². The van der Waals surface area contributed by atoms with Crippen LogP contribution in [0.5, 0.6) is 0 Å². The molecule has 116 valence electrons. The Balaban J connectivity index is 1.84. The number of rotatable bonds is 6. The molecule has 1 amide bonds. The zero-order valence-corrected chi connectivity index (χ0v) is 13.7. The lowest BCUT2D eigenvalue weighted by Crippen LogP contribution is -2.28. The minimum Gasteiger partial charge on any atom is -0.325 e. The fraction of sp³-hybridized carbons (Fsp3) is 0.278. The maximum atomic E-state index is 12.0. The van der Waals surface area contributed by atoms with Crippen LogP contribution in [0.15, 0.2) is 48.5 Å². The second kappa shape index (κ2) is 7.97. The Hall–Kier alpha value is -1.84. The standard InChI is InChI=1S/C18H21ClN2O/c1-13(2)16-5-3-4-6-17(16)21-18(22)12-20-11-14-7-9-15(19)10-8-14/h3-10,13,20H,11-12H2,1-2H3,(H,21,22). The summed E-state index contributed by atoms with van der Waals surface area (Å²) in [5.41, 5.74) is 3.13. The highest BCUT2D eigenvalue weighted by Gasteiger charge is 2.08. The van der Waals surface area contributed by atoms with Crippen molar-refractivity contribution in [2.75, 3.05) is 11.9 Å². The molecule has 2 N–H and O–H groups in total. The molecule has 0 saturated carbocycles. The fourth-order valence-corrected chi connectivity index (χ4v) is 2.36. The number of anilines is 1. The van der Waals surface area contributed by atoms with Crippen molar-refractivity contribution in [1.29, 1.82) is 0 Å². The van der Waals surface area contributed by atoms with E-state index in [-0.39, 0.29) is 12.5 Å². The van der Waals surface area contributed by atoms with Crippen LogP contribution in [-0.2, 0) is 11.3 Å². The smallest absolute Gasteiger partial charge is 0.238 e. The number of para-hydroxylation sites is 1. The summed E-state index contributed by atoms with van der Waals surface area (Å²) in [7, 11) is 0. The second-order valence-corrected chi connectivity index (χ2v) is 5.96. The molecule has 0 aliphatic rings. The van der Waals surface area contributed by atoms with Gasteiger partial charge in [-0.2, -0.15) is 0 Å². The number of nitrogens with one attached hydrogen (secondary N) is 2. The van der Waals surface area contributed by atoms with Crippen molar-refractivity contribution in [2.45, 2.75) is 26.3 Å². The maximum Gasteiger partial charge on any atom is 0.238 e. The van der Waals surface area contributed by atoms with Crippen LogP contribution in [-0.4, -0.2) is 12.5 Å². The van der Waals surface area contributed by atoms with Gasteiger partial charge in [0.2, 0.25) is 5.91 Å². The second-order valence-electron chi connectivity index (χ2n) is 5.52. The van der Waals surface area contributed by atoms with E-state index in [4.69, 9.17) is 11.6 Å². The van der Waals surface area contributed by atoms with Gasteiger partial charge in [-0.3, -0.25) is 4.79 Å². The van der Waals surface area contributed by atoms with Gasteiger partial charge in [0.1, 0.15) is 0 Å². The first kappa shape index (κ1) is 16.5. The third-order valence-corrected chi connectivity index (χ3v) is 3.64. The largest absolute Gasteiger partial charge is 0.325 e. The molecule has 22 heavy (non-hydrogen) atoms. The Morgan fingerprint density at radius 3 is 2.45 bits per heavy atom. The van der Waals surface area contributed by atoms with Gasteiger partial charge in [-0.15, -0.1) is 0 Å². The maximum absolute atomic E-state index is 12.0. The van der Waals surface area contributed by atoms with Gasteiger partial charge < -0.3 is 10.6 Å². The number of halogens is 1. The van der Waals surface area contributed by atoms with E-state index in [2.05, 4.69) is 24.5 Å². The van der Waals surface area contributed by atoms with Crippen LogP contribution in [0.25, 0.3) is 0 Å². The van der Waals surface area contributed by atoms with Crippen LogP contribution in [0.1, 0.15) is 30.9 Å². The molecule has 0 aliphatic heterocycles. The van der Waals surface area contributed by atoms with E-state index in [0.29, 0.717) is 17.5 Å². The van der Waals surface area contributed by atoms with Gasteiger partial charge in [0, 0.05) is 17.3 Å².